The van der Waals surface area contributed by atoms with Crippen molar-refractivity contribution in [2.45, 2.75) is 20.3 Å². The Morgan fingerprint density at radius 2 is 1.67 bits per heavy atom. The van der Waals surface area contributed by atoms with Gasteiger partial charge in [0.05, 0.1) is 0 Å². The molecule has 1 aromatic carbocycles. The predicted octanol–water partition coefficient (Wildman–Crippen LogP) is 3.06. The molecule has 0 saturated carbocycles. The molecule has 0 aliphatic rings. The molecule has 0 aromatic heterocycles. The molecule has 0 heterocycles. The molecule has 0 saturated heterocycles. The van der Waals surface area contributed by atoms with Crippen molar-refractivity contribution in [3.63, 3.8) is 0 Å². The lowest BCUT2D eigenvalue weighted by molar-refractivity contribution is 0.267. The summed E-state index contributed by atoms with van der Waals surface area (Å²) in [5.74, 6) is 1.50. The maximum atomic E-state index is 2.32. The van der Waals surface area contributed by atoms with Crippen LogP contribution in [0.25, 0.3) is 0 Å². The normalized spacial score (nSPS) is 13.5. The van der Waals surface area contributed by atoms with E-state index < -0.39 is 0 Å². The van der Waals surface area contributed by atoms with Crippen molar-refractivity contribution >= 4 is 0 Å². The van der Waals surface area contributed by atoms with Crippen molar-refractivity contribution in [1.29, 1.82) is 0 Å². The molecule has 0 amide bonds. The van der Waals surface area contributed by atoms with Crippen LogP contribution in [0.4, 0.5) is 0 Å². The molecule has 0 bridgehead atoms. The zero-order valence-electron chi connectivity index (χ0n) is 10.4. The van der Waals surface area contributed by atoms with Crippen LogP contribution in [0.2, 0.25) is 0 Å². The highest BCUT2D eigenvalue weighted by molar-refractivity contribution is 5.15. The molecule has 0 fully saturated rings. The molecule has 1 nitrogen and oxygen atoms in total. The molecule has 1 atom stereocenters. The Kier molecular flexibility index (Phi) is 4.83. The lowest BCUT2D eigenvalue weighted by Gasteiger charge is -2.24. The van der Waals surface area contributed by atoms with E-state index in [1.807, 2.05) is 0 Å². The first-order valence-corrected chi connectivity index (χ1v) is 5.78. The first kappa shape index (κ1) is 12.3. The molecule has 0 N–H and O–H groups in total. The fourth-order valence-corrected chi connectivity index (χ4v) is 1.90. The number of hydrogen-bond donors (Lipinski definition) is 0. The van der Waals surface area contributed by atoms with Crippen molar-refractivity contribution < 1.29 is 0 Å². The summed E-state index contributed by atoms with van der Waals surface area (Å²) >= 11 is 0. The highest BCUT2D eigenvalue weighted by Gasteiger charge is 2.14. The summed E-state index contributed by atoms with van der Waals surface area (Å²) in [6.07, 6.45) is 1.19. The summed E-state index contributed by atoms with van der Waals surface area (Å²) in [6.45, 7) is 5.81. The van der Waals surface area contributed by atoms with Gasteiger partial charge in [-0.05, 0) is 37.9 Å². The Bertz CT molecular complexity index is 264. The van der Waals surface area contributed by atoms with Gasteiger partial charge in [-0.25, -0.2) is 0 Å². The minimum absolute atomic E-state index is 0.743. The van der Waals surface area contributed by atoms with Crippen LogP contribution in [0, 0.1) is 11.8 Å². The largest absolute Gasteiger partial charge is 0.309 e. The average Bonchev–Trinajstić information content (AvgIpc) is 2.17. The summed E-state index contributed by atoms with van der Waals surface area (Å²) in [7, 11) is 4.31. The molecule has 0 spiro atoms. The minimum Gasteiger partial charge on any atom is -0.309 e. The van der Waals surface area contributed by atoms with Gasteiger partial charge in [0, 0.05) is 6.54 Å². The Labute approximate surface area is 94.1 Å². The Morgan fingerprint density at radius 3 is 2.13 bits per heavy atom. The molecule has 84 valence electrons. The minimum atomic E-state index is 0.743. The number of nitrogens with zero attached hydrogens (tertiary/aromatic N) is 1. The summed E-state index contributed by atoms with van der Waals surface area (Å²) in [4.78, 5) is 2.29. The first-order valence-electron chi connectivity index (χ1n) is 5.78. The second-order valence-electron chi connectivity index (χ2n) is 4.96. The van der Waals surface area contributed by atoms with Gasteiger partial charge in [0.15, 0.2) is 0 Å². The van der Waals surface area contributed by atoms with Crippen LogP contribution in [0.3, 0.4) is 0 Å². The van der Waals surface area contributed by atoms with Crippen molar-refractivity contribution in [3.05, 3.63) is 35.9 Å². The topological polar surface area (TPSA) is 3.24 Å². The summed E-state index contributed by atoms with van der Waals surface area (Å²) in [6, 6.07) is 10.8. The third-order valence-corrected chi connectivity index (χ3v) is 2.88. The molecular formula is C14H23N. The van der Waals surface area contributed by atoms with Crippen LogP contribution in [0.5, 0.6) is 0 Å². The Balaban J connectivity index is 2.59. The van der Waals surface area contributed by atoms with Crippen LogP contribution in [-0.4, -0.2) is 25.5 Å². The van der Waals surface area contributed by atoms with Gasteiger partial charge in [-0.2, -0.15) is 0 Å². The van der Waals surface area contributed by atoms with E-state index in [0.29, 0.717) is 0 Å². The summed E-state index contributed by atoms with van der Waals surface area (Å²) < 4.78 is 0. The highest BCUT2D eigenvalue weighted by Crippen LogP contribution is 2.17. The number of rotatable bonds is 5. The standard InChI is InChI=1S/C14H23N/c1-12(2)14(11-15(3)4)10-13-8-6-5-7-9-13/h5-9,12,14H,10-11H2,1-4H3/t14-/m0/s1. The van der Waals surface area contributed by atoms with Crippen LogP contribution in [-0.2, 0) is 6.42 Å². The fourth-order valence-electron chi connectivity index (χ4n) is 1.90. The van der Waals surface area contributed by atoms with Gasteiger partial charge in [0.25, 0.3) is 0 Å². The first-order chi connectivity index (χ1) is 7.09. The van der Waals surface area contributed by atoms with E-state index in [4.69, 9.17) is 0 Å². The lowest BCUT2D eigenvalue weighted by Crippen LogP contribution is -2.26. The summed E-state index contributed by atoms with van der Waals surface area (Å²) in [5.41, 5.74) is 1.46. The quantitative estimate of drug-likeness (QED) is 0.714. The highest BCUT2D eigenvalue weighted by atomic mass is 15.1. The van der Waals surface area contributed by atoms with Crippen molar-refractivity contribution in [2.24, 2.45) is 11.8 Å². The second kappa shape index (κ2) is 5.92. The SMILES string of the molecule is CC(C)[C@@H](Cc1ccccc1)CN(C)C. The monoisotopic (exact) mass is 205 g/mol. The van der Waals surface area contributed by atoms with E-state index in [9.17, 15) is 0 Å². The molecule has 1 rings (SSSR count). The molecule has 0 aliphatic heterocycles. The van der Waals surface area contributed by atoms with E-state index in [-0.39, 0.29) is 0 Å². The second-order valence-corrected chi connectivity index (χ2v) is 4.96. The molecular weight excluding hydrogens is 182 g/mol. The average molecular weight is 205 g/mol. The van der Waals surface area contributed by atoms with E-state index in [2.05, 4.69) is 63.2 Å². The van der Waals surface area contributed by atoms with Crippen LogP contribution < -0.4 is 0 Å². The third-order valence-electron chi connectivity index (χ3n) is 2.88. The molecule has 1 heteroatoms. The van der Waals surface area contributed by atoms with Crippen molar-refractivity contribution in [3.8, 4) is 0 Å². The molecule has 0 aliphatic carbocycles. The molecule has 0 unspecified atom stereocenters. The zero-order valence-corrected chi connectivity index (χ0v) is 10.4. The zero-order chi connectivity index (χ0) is 11.3. The van der Waals surface area contributed by atoms with Crippen LogP contribution in [0.1, 0.15) is 19.4 Å². The van der Waals surface area contributed by atoms with E-state index in [0.717, 1.165) is 11.8 Å². The number of benzene rings is 1. The van der Waals surface area contributed by atoms with Crippen molar-refractivity contribution in [2.75, 3.05) is 20.6 Å². The summed E-state index contributed by atoms with van der Waals surface area (Å²) in [5, 5.41) is 0. The number of hydrogen-bond acceptors (Lipinski definition) is 1. The maximum Gasteiger partial charge on any atom is 0.000919 e. The van der Waals surface area contributed by atoms with E-state index >= 15 is 0 Å². The molecule has 15 heavy (non-hydrogen) atoms. The third kappa shape index (κ3) is 4.48. The van der Waals surface area contributed by atoms with Crippen molar-refractivity contribution in [1.82, 2.24) is 4.90 Å². The van der Waals surface area contributed by atoms with Gasteiger partial charge in [-0.3, -0.25) is 0 Å². The van der Waals surface area contributed by atoms with Gasteiger partial charge in [-0.15, -0.1) is 0 Å². The van der Waals surface area contributed by atoms with Gasteiger partial charge in [0.2, 0.25) is 0 Å². The van der Waals surface area contributed by atoms with E-state index in [1.54, 1.807) is 0 Å². The smallest absolute Gasteiger partial charge is 0.000919 e. The van der Waals surface area contributed by atoms with Gasteiger partial charge in [0.1, 0.15) is 0 Å². The Hall–Kier alpha value is -0.820. The Morgan fingerprint density at radius 1 is 1.07 bits per heavy atom. The molecule has 0 radical (unpaired) electrons. The maximum absolute atomic E-state index is 2.32. The fraction of sp³-hybridized carbons (Fsp3) is 0.571. The molecule has 1 aromatic rings. The van der Waals surface area contributed by atoms with Crippen LogP contribution >= 0.6 is 0 Å². The van der Waals surface area contributed by atoms with E-state index in [1.165, 1.54) is 18.5 Å². The lowest BCUT2D eigenvalue weighted by atomic mass is 9.89. The van der Waals surface area contributed by atoms with Gasteiger partial charge < -0.3 is 4.90 Å². The van der Waals surface area contributed by atoms with Gasteiger partial charge in [-0.1, -0.05) is 44.2 Å². The van der Waals surface area contributed by atoms with Crippen LogP contribution in [0.15, 0.2) is 30.3 Å². The predicted molar refractivity (Wildman–Crippen MR) is 67.0 cm³/mol. The van der Waals surface area contributed by atoms with Gasteiger partial charge >= 0.3 is 0 Å².